The molecular weight excluding hydrogens is 340 g/mol. The van der Waals surface area contributed by atoms with Gasteiger partial charge in [0.1, 0.15) is 12.3 Å². The maximum absolute atomic E-state index is 12.6. The Balaban J connectivity index is 1.58. The quantitative estimate of drug-likeness (QED) is 0.852. The summed E-state index contributed by atoms with van der Waals surface area (Å²) in [6, 6.07) is 7.60. The van der Waals surface area contributed by atoms with Crippen molar-refractivity contribution in [2.45, 2.75) is 71.9 Å². The number of benzene rings is 1. The van der Waals surface area contributed by atoms with Crippen molar-refractivity contribution in [3.05, 3.63) is 24.3 Å². The first-order chi connectivity index (χ1) is 12.8. The number of carbonyl (C=O) groups is 2. The first-order valence-corrected chi connectivity index (χ1v) is 10.2. The first kappa shape index (κ1) is 19.7. The van der Waals surface area contributed by atoms with Gasteiger partial charge in [-0.1, -0.05) is 39.3 Å². The molecule has 1 atom stereocenters. The highest BCUT2D eigenvalue weighted by Gasteiger charge is 2.34. The fraction of sp³-hybridized carbons (Fsp3) is 0.636. The summed E-state index contributed by atoms with van der Waals surface area (Å²) < 4.78 is 5.64. The van der Waals surface area contributed by atoms with Crippen LogP contribution in [0.25, 0.3) is 0 Å². The minimum absolute atomic E-state index is 0.0456. The number of anilines is 1. The summed E-state index contributed by atoms with van der Waals surface area (Å²) in [5, 5.41) is 3.15. The van der Waals surface area contributed by atoms with Gasteiger partial charge >= 0.3 is 0 Å². The second-order valence-electron chi connectivity index (χ2n) is 8.61. The van der Waals surface area contributed by atoms with Crippen molar-refractivity contribution in [1.82, 2.24) is 5.32 Å². The number of hydrogen-bond acceptors (Lipinski definition) is 3. The molecule has 1 aromatic rings. The van der Waals surface area contributed by atoms with Crippen LogP contribution in [0, 0.1) is 11.3 Å². The molecule has 1 N–H and O–H groups in total. The SMILES string of the molecule is CCC(C)(C)C1CCC(NC(=O)CN2C(=O)C(C)Oc3ccccc32)CC1. The summed E-state index contributed by atoms with van der Waals surface area (Å²) in [4.78, 5) is 26.7. The molecule has 2 aliphatic rings. The maximum atomic E-state index is 12.6. The number of carbonyl (C=O) groups excluding carboxylic acids is 2. The van der Waals surface area contributed by atoms with Crippen molar-refractivity contribution in [2.75, 3.05) is 11.4 Å². The first-order valence-electron chi connectivity index (χ1n) is 10.2. The van der Waals surface area contributed by atoms with E-state index in [-0.39, 0.29) is 24.4 Å². The summed E-state index contributed by atoms with van der Waals surface area (Å²) in [6.07, 6.45) is 4.96. The largest absolute Gasteiger partial charge is 0.479 e. The molecule has 1 aliphatic carbocycles. The van der Waals surface area contributed by atoms with E-state index in [1.807, 2.05) is 24.3 Å². The van der Waals surface area contributed by atoms with Crippen LogP contribution in [0.4, 0.5) is 5.69 Å². The van der Waals surface area contributed by atoms with Crippen molar-refractivity contribution in [2.24, 2.45) is 11.3 Å². The summed E-state index contributed by atoms with van der Waals surface area (Å²) in [7, 11) is 0. The molecule has 3 rings (SSSR count). The van der Waals surface area contributed by atoms with Gasteiger partial charge in [-0.05, 0) is 56.1 Å². The van der Waals surface area contributed by atoms with Gasteiger partial charge in [-0.2, -0.15) is 0 Å². The molecule has 0 bridgehead atoms. The zero-order chi connectivity index (χ0) is 19.6. The molecule has 0 saturated heterocycles. The van der Waals surface area contributed by atoms with Crippen molar-refractivity contribution in [1.29, 1.82) is 0 Å². The zero-order valence-corrected chi connectivity index (χ0v) is 17.0. The Morgan fingerprint density at radius 3 is 2.56 bits per heavy atom. The lowest BCUT2D eigenvalue weighted by molar-refractivity contribution is -0.128. The Bertz CT molecular complexity index is 693. The molecule has 0 aromatic heterocycles. The van der Waals surface area contributed by atoms with E-state index in [4.69, 9.17) is 4.74 Å². The molecule has 1 aliphatic heterocycles. The standard InChI is InChI=1S/C22H32N2O3/c1-5-22(3,4)16-10-12-17(13-11-16)23-20(25)14-24-18-8-6-7-9-19(18)27-15(2)21(24)26/h6-9,15-17H,5,10-14H2,1-4H3,(H,23,25). The van der Waals surface area contributed by atoms with E-state index in [0.717, 1.165) is 31.6 Å². The number of rotatable bonds is 5. The summed E-state index contributed by atoms with van der Waals surface area (Å²) in [5.41, 5.74) is 1.04. The van der Waals surface area contributed by atoms with Gasteiger partial charge in [0.15, 0.2) is 6.10 Å². The highest BCUT2D eigenvalue weighted by Crippen LogP contribution is 2.40. The fourth-order valence-corrected chi connectivity index (χ4v) is 4.25. The van der Waals surface area contributed by atoms with Crippen molar-refractivity contribution < 1.29 is 14.3 Å². The van der Waals surface area contributed by atoms with Crippen LogP contribution in [0.15, 0.2) is 24.3 Å². The van der Waals surface area contributed by atoms with Crippen LogP contribution in [0.5, 0.6) is 5.75 Å². The van der Waals surface area contributed by atoms with Crippen molar-refractivity contribution >= 4 is 17.5 Å². The summed E-state index contributed by atoms with van der Waals surface area (Å²) in [5.74, 6) is 1.12. The molecule has 27 heavy (non-hydrogen) atoms. The van der Waals surface area contributed by atoms with Gasteiger partial charge in [-0.25, -0.2) is 0 Å². The molecule has 5 heteroatoms. The summed E-state index contributed by atoms with van der Waals surface area (Å²) in [6.45, 7) is 8.72. The number of amides is 2. The van der Waals surface area contributed by atoms with E-state index in [9.17, 15) is 9.59 Å². The van der Waals surface area contributed by atoms with Crippen LogP contribution in [0.1, 0.15) is 59.8 Å². The van der Waals surface area contributed by atoms with Crippen molar-refractivity contribution in [3.8, 4) is 5.75 Å². The Hall–Kier alpha value is -2.04. The number of ether oxygens (including phenoxy) is 1. The third-order valence-corrected chi connectivity index (χ3v) is 6.48. The molecule has 1 heterocycles. The Morgan fingerprint density at radius 1 is 1.22 bits per heavy atom. The van der Waals surface area contributed by atoms with Gasteiger partial charge in [0.25, 0.3) is 5.91 Å². The number of nitrogens with zero attached hydrogens (tertiary/aromatic N) is 1. The summed E-state index contributed by atoms with van der Waals surface area (Å²) >= 11 is 0. The highest BCUT2D eigenvalue weighted by atomic mass is 16.5. The van der Waals surface area contributed by atoms with Crippen molar-refractivity contribution in [3.63, 3.8) is 0 Å². The zero-order valence-electron chi connectivity index (χ0n) is 17.0. The van der Waals surface area contributed by atoms with Crippen LogP contribution in [0.2, 0.25) is 0 Å². The smallest absolute Gasteiger partial charge is 0.268 e. The van der Waals surface area contributed by atoms with Gasteiger partial charge in [-0.3, -0.25) is 14.5 Å². The van der Waals surface area contributed by atoms with E-state index < -0.39 is 6.10 Å². The van der Waals surface area contributed by atoms with Crippen LogP contribution in [0.3, 0.4) is 0 Å². The average Bonchev–Trinajstić information content (AvgIpc) is 2.66. The molecule has 1 fully saturated rings. The van der Waals surface area contributed by atoms with Crippen LogP contribution in [-0.2, 0) is 9.59 Å². The van der Waals surface area contributed by atoms with Crippen LogP contribution >= 0.6 is 0 Å². The Morgan fingerprint density at radius 2 is 1.89 bits per heavy atom. The number of nitrogens with one attached hydrogen (secondary N) is 1. The molecule has 2 amide bonds. The predicted octanol–water partition coefficient (Wildman–Crippen LogP) is 3.91. The molecular formula is C22H32N2O3. The van der Waals surface area contributed by atoms with Crippen LogP contribution in [-0.4, -0.2) is 30.5 Å². The maximum Gasteiger partial charge on any atom is 0.268 e. The molecule has 1 unspecified atom stereocenters. The molecule has 1 aromatic carbocycles. The molecule has 5 nitrogen and oxygen atoms in total. The Kier molecular flexibility index (Phi) is 5.78. The van der Waals surface area contributed by atoms with Gasteiger partial charge in [-0.15, -0.1) is 0 Å². The number of hydrogen-bond donors (Lipinski definition) is 1. The second kappa shape index (κ2) is 7.91. The number of fused-ring (bicyclic) bond motifs is 1. The lowest BCUT2D eigenvalue weighted by Gasteiger charge is -2.39. The van der Waals surface area contributed by atoms with E-state index in [1.165, 1.54) is 6.42 Å². The minimum atomic E-state index is -0.570. The van der Waals surface area contributed by atoms with Gasteiger partial charge < -0.3 is 10.1 Å². The average molecular weight is 373 g/mol. The molecule has 1 saturated carbocycles. The highest BCUT2D eigenvalue weighted by molar-refractivity contribution is 6.03. The van der Waals surface area contributed by atoms with E-state index in [0.29, 0.717) is 16.9 Å². The van der Waals surface area contributed by atoms with E-state index >= 15 is 0 Å². The van der Waals surface area contributed by atoms with E-state index in [2.05, 4.69) is 26.1 Å². The lowest BCUT2D eigenvalue weighted by Crippen LogP contribution is -2.50. The third kappa shape index (κ3) is 4.28. The van der Waals surface area contributed by atoms with E-state index in [1.54, 1.807) is 11.8 Å². The predicted molar refractivity (Wildman–Crippen MR) is 107 cm³/mol. The van der Waals surface area contributed by atoms with Gasteiger partial charge in [0, 0.05) is 6.04 Å². The number of para-hydroxylation sites is 2. The van der Waals surface area contributed by atoms with Crippen LogP contribution < -0.4 is 15.0 Å². The lowest BCUT2D eigenvalue weighted by atomic mass is 9.69. The third-order valence-electron chi connectivity index (χ3n) is 6.48. The minimum Gasteiger partial charge on any atom is -0.479 e. The Labute approximate surface area is 162 Å². The van der Waals surface area contributed by atoms with Gasteiger partial charge in [0.2, 0.25) is 5.91 Å². The molecule has 0 radical (unpaired) electrons. The fourth-order valence-electron chi connectivity index (χ4n) is 4.25. The van der Waals surface area contributed by atoms with Gasteiger partial charge in [0.05, 0.1) is 5.69 Å². The topological polar surface area (TPSA) is 58.6 Å². The monoisotopic (exact) mass is 372 g/mol. The second-order valence-corrected chi connectivity index (χ2v) is 8.61. The normalized spacial score (nSPS) is 25.6. The molecule has 148 valence electrons. The molecule has 0 spiro atoms.